The van der Waals surface area contributed by atoms with Crippen LogP contribution in [0.1, 0.15) is 45.9 Å². The number of nitrogens with zero attached hydrogens (tertiary/aromatic N) is 1. The van der Waals surface area contributed by atoms with Crippen LogP contribution in [0.5, 0.6) is 11.5 Å². The largest absolute Gasteiger partial charge is 0.508 e. The van der Waals surface area contributed by atoms with Crippen molar-refractivity contribution < 1.29 is 29.6 Å². The molecule has 1 saturated heterocycles. The first-order valence-electron chi connectivity index (χ1n) is 13.1. The maximum absolute atomic E-state index is 13.0. The van der Waals surface area contributed by atoms with E-state index in [0.717, 1.165) is 37.1 Å². The number of hydrogen-bond acceptors (Lipinski definition) is 7. The normalized spacial score (nSPS) is 17.9. The van der Waals surface area contributed by atoms with Crippen molar-refractivity contribution in [1.29, 1.82) is 0 Å². The van der Waals surface area contributed by atoms with Gasteiger partial charge in [0.15, 0.2) is 0 Å². The Bertz CT molecular complexity index is 1300. The number of carbonyl (C=O) groups excluding carboxylic acids is 1. The van der Waals surface area contributed by atoms with Crippen molar-refractivity contribution in [2.75, 3.05) is 32.8 Å². The molecule has 9 heteroatoms. The number of phenols is 1. The van der Waals surface area contributed by atoms with E-state index in [4.69, 9.17) is 21.1 Å². The summed E-state index contributed by atoms with van der Waals surface area (Å²) >= 11 is 6.15. The third-order valence-corrected chi connectivity index (χ3v) is 7.76. The van der Waals surface area contributed by atoms with Crippen LogP contribution >= 0.6 is 11.6 Å². The number of amides is 1. The molecule has 2 aliphatic rings. The SMILES string of the molecule is O=C(NC(CO)c1ccccc1)c1ccc(O)cc1OC[C@H](O)CN1CCC2(CC1)OCc1cc(Cl)ccc12. The van der Waals surface area contributed by atoms with Crippen molar-refractivity contribution >= 4 is 17.5 Å². The van der Waals surface area contributed by atoms with Gasteiger partial charge >= 0.3 is 0 Å². The second-order valence-electron chi connectivity index (χ2n) is 10.1. The number of carbonyl (C=O) groups is 1. The van der Waals surface area contributed by atoms with Crippen LogP contribution < -0.4 is 10.1 Å². The van der Waals surface area contributed by atoms with Crippen molar-refractivity contribution in [3.8, 4) is 11.5 Å². The smallest absolute Gasteiger partial charge is 0.255 e. The summed E-state index contributed by atoms with van der Waals surface area (Å²) in [6.07, 6.45) is 0.835. The van der Waals surface area contributed by atoms with Crippen molar-refractivity contribution in [1.82, 2.24) is 10.2 Å². The number of benzene rings is 3. The predicted octanol–water partition coefficient (Wildman–Crippen LogP) is 3.77. The monoisotopic (exact) mass is 552 g/mol. The van der Waals surface area contributed by atoms with Crippen LogP contribution in [0.2, 0.25) is 5.02 Å². The molecular weight excluding hydrogens is 520 g/mol. The number of aliphatic hydroxyl groups is 2. The fraction of sp³-hybridized carbons (Fsp3) is 0.367. The Morgan fingerprint density at radius 1 is 1.10 bits per heavy atom. The summed E-state index contributed by atoms with van der Waals surface area (Å²) in [4.78, 5) is 15.2. The molecule has 4 N–H and O–H groups in total. The number of ether oxygens (including phenoxy) is 2. The third kappa shape index (κ3) is 6.21. The quantitative estimate of drug-likeness (QED) is 0.320. The first-order valence-corrected chi connectivity index (χ1v) is 13.5. The van der Waals surface area contributed by atoms with Gasteiger partial charge in [0.05, 0.1) is 30.4 Å². The molecule has 1 amide bonds. The van der Waals surface area contributed by atoms with Crippen molar-refractivity contribution in [2.45, 2.75) is 37.2 Å². The minimum absolute atomic E-state index is 0.0503. The number of β-amino-alcohol motifs (C(OH)–C–C–N with tert-alkyl or cyclic N) is 1. The number of phenolic OH excluding ortho intramolecular Hbond substituents is 1. The molecular formula is C30H33ClN2O6. The van der Waals surface area contributed by atoms with E-state index in [2.05, 4.69) is 16.3 Å². The summed E-state index contributed by atoms with van der Waals surface area (Å²) in [5.74, 6) is -0.359. The number of fused-ring (bicyclic) bond motifs is 2. The number of nitrogens with one attached hydrogen (secondary N) is 1. The van der Waals surface area contributed by atoms with E-state index in [1.807, 2.05) is 42.5 Å². The molecule has 39 heavy (non-hydrogen) atoms. The number of rotatable bonds is 9. The standard InChI is InChI=1S/C30H33ClN2O6/c31-22-6-9-26-21(14-22)18-39-30(26)10-12-33(13-11-30)16-24(36)19-38-28-15-23(35)7-8-25(28)29(37)32-27(17-34)20-4-2-1-3-5-20/h1-9,14-15,24,27,34-36H,10-13,16-19H2,(H,32,37)/t24-,27?/m1/s1. The summed E-state index contributed by atoms with van der Waals surface area (Å²) in [6, 6.07) is 18.7. The molecule has 0 saturated carbocycles. The number of piperidine rings is 1. The maximum atomic E-state index is 13.0. The van der Waals surface area contributed by atoms with Gasteiger partial charge in [-0.25, -0.2) is 0 Å². The van der Waals surface area contributed by atoms with Gasteiger partial charge in [-0.05, 0) is 53.8 Å². The molecule has 0 aliphatic carbocycles. The van der Waals surface area contributed by atoms with E-state index < -0.39 is 18.1 Å². The lowest BCUT2D eigenvalue weighted by Crippen LogP contribution is -2.46. The molecule has 2 heterocycles. The molecule has 0 aromatic heterocycles. The van der Waals surface area contributed by atoms with Gasteiger partial charge in [0.1, 0.15) is 24.2 Å². The molecule has 5 rings (SSSR count). The van der Waals surface area contributed by atoms with Gasteiger partial charge in [-0.2, -0.15) is 0 Å². The van der Waals surface area contributed by atoms with Crippen LogP contribution in [0.3, 0.4) is 0 Å². The lowest BCUT2D eigenvalue weighted by molar-refractivity contribution is -0.0835. The second-order valence-corrected chi connectivity index (χ2v) is 10.6. The van der Waals surface area contributed by atoms with Gasteiger partial charge in [0, 0.05) is 30.7 Å². The van der Waals surface area contributed by atoms with E-state index in [9.17, 15) is 20.1 Å². The fourth-order valence-electron chi connectivity index (χ4n) is 5.44. The van der Waals surface area contributed by atoms with Gasteiger partial charge in [0.25, 0.3) is 5.91 Å². The van der Waals surface area contributed by atoms with Crippen LogP contribution in [-0.4, -0.2) is 65.1 Å². The minimum atomic E-state index is -0.803. The first-order chi connectivity index (χ1) is 18.9. The molecule has 0 bridgehead atoms. The molecule has 3 aromatic carbocycles. The highest BCUT2D eigenvalue weighted by molar-refractivity contribution is 6.30. The van der Waals surface area contributed by atoms with Crippen molar-refractivity contribution in [3.05, 3.63) is 94.0 Å². The zero-order valence-corrected chi connectivity index (χ0v) is 22.3. The number of halogens is 1. The van der Waals surface area contributed by atoms with E-state index in [0.29, 0.717) is 18.2 Å². The average molecular weight is 553 g/mol. The Hall–Kier alpha value is -3.14. The molecule has 2 aliphatic heterocycles. The molecule has 1 fully saturated rings. The zero-order chi connectivity index (χ0) is 27.4. The van der Waals surface area contributed by atoms with E-state index in [1.54, 1.807) is 0 Å². The van der Waals surface area contributed by atoms with Gasteiger partial charge in [0.2, 0.25) is 0 Å². The second kappa shape index (κ2) is 11.9. The lowest BCUT2D eigenvalue weighted by atomic mass is 9.84. The lowest BCUT2D eigenvalue weighted by Gasteiger charge is -2.39. The highest BCUT2D eigenvalue weighted by Gasteiger charge is 2.42. The minimum Gasteiger partial charge on any atom is -0.508 e. The molecule has 2 atom stereocenters. The fourth-order valence-corrected chi connectivity index (χ4v) is 5.64. The van der Waals surface area contributed by atoms with Crippen LogP contribution in [0.4, 0.5) is 0 Å². The van der Waals surface area contributed by atoms with Crippen LogP contribution in [0.25, 0.3) is 0 Å². The topological polar surface area (TPSA) is 111 Å². The zero-order valence-electron chi connectivity index (χ0n) is 21.6. The third-order valence-electron chi connectivity index (χ3n) is 7.53. The van der Waals surface area contributed by atoms with Gasteiger partial charge in [-0.3, -0.25) is 4.79 Å². The Kier molecular flexibility index (Phi) is 8.40. The summed E-state index contributed by atoms with van der Waals surface area (Å²) < 4.78 is 12.0. The van der Waals surface area contributed by atoms with Gasteiger partial charge in [-0.1, -0.05) is 48.0 Å². The number of likely N-dealkylation sites (tertiary alicyclic amines) is 1. The molecule has 8 nitrogen and oxygen atoms in total. The first kappa shape index (κ1) is 27.4. The average Bonchev–Trinajstić information content (AvgIpc) is 3.29. The number of aromatic hydroxyl groups is 1. The summed E-state index contributed by atoms with van der Waals surface area (Å²) in [7, 11) is 0. The Labute approximate surface area is 232 Å². The van der Waals surface area contributed by atoms with E-state index >= 15 is 0 Å². The van der Waals surface area contributed by atoms with Crippen LogP contribution in [0.15, 0.2) is 66.7 Å². The molecule has 206 valence electrons. The van der Waals surface area contributed by atoms with E-state index in [-0.39, 0.29) is 35.9 Å². The molecule has 1 unspecified atom stereocenters. The summed E-state index contributed by atoms with van der Waals surface area (Å²) in [5, 5.41) is 34.1. The van der Waals surface area contributed by atoms with Crippen LogP contribution in [0, 0.1) is 0 Å². The number of hydrogen-bond donors (Lipinski definition) is 4. The Balaban J connectivity index is 1.16. The summed E-state index contributed by atoms with van der Waals surface area (Å²) in [6.45, 7) is 2.18. The highest BCUT2D eigenvalue weighted by Crippen LogP contribution is 2.44. The molecule has 1 spiro atoms. The highest BCUT2D eigenvalue weighted by atomic mass is 35.5. The predicted molar refractivity (Wildman–Crippen MR) is 147 cm³/mol. The maximum Gasteiger partial charge on any atom is 0.255 e. The van der Waals surface area contributed by atoms with Crippen molar-refractivity contribution in [3.63, 3.8) is 0 Å². The van der Waals surface area contributed by atoms with Crippen LogP contribution in [-0.2, 0) is 16.9 Å². The van der Waals surface area contributed by atoms with Gasteiger partial charge < -0.3 is 35.0 Å². The molecule has 3 aromatic rings. The Morgan fingerprint density at radius 2 is 1.87 bits per heavy atom. The van der Waals surface area contributed by atoms with Crippen molar-refractivity contribution in [2.24, 2.45) is 0 Å². The van der Waals surface area contributed by atoms with Gasteiger partial charge in [-0.15, -0.1) is 0 Å². The molecule has 0 radical (unpaired) electrons. The number of aliphatic hydroxyl groups excluding tert-OH is 2. The van der Waals surface area contributed by atoms with E-state index in [1.165, 1.54) is 23.8 Å². The Morgan fingerprint density at radius 3 is 2.62 bits per heavy atom. The summed E-state index contributed by atoms with van der Waals surface area (Å²) in [5.41, 5.74) is 3.02.